The minimum Gasteiger partial charge on any atom is -0.508 e. The Bertz CT molecular complexity index is 533. The fraction of sp³-hybridized carbons (Fsp3) is 0.550. The van der Waals surface area contributed by atoms with Crippen molar-refractivity contribution in [3.63, 3.8) is 0 Å². The van der Waals surface area contributed by atoms with Crippen molar-refractivity contribution < 1.29 is 15.0 Å². The number of phenols is 2. The zero-order valence-electron chi connectivity index (χ0n) is 16.3. The van der Waals surface area contributed by atoms with E-state index in [4.69, 9.17) is 10.8 Å². The van der Waals surface area contributed by atoms with Gasteiger partial charge in [-0.3, -0.25) is 0 Å². The van der Waals surface area contributed by atoms with Gasteiger partial charge in [-0.05, 0) is 32.5 Å². The molecule has 0 heterocycles. The smallest absolute Gasteiger partial charge is 0.128 e. The third-order valence-electron chi connectivity index (χ3n) is 3.89. The molecule has 0 fully saturated rings. The van der Waals surface area contributed by atoms with Gasteiger partial charge in [0.2, 0.25) is 0 Å². The Labute approximate surface area is 157 Å². The molecule has 0 amide bonds. The van der Waals surface area contributed by atoms with Gasteiger partial charge in [0.15, 0.2) is 0 Å². The number of unbranched alkanes of at least 4 members (excludes halogenated alkanes) is 6. The third-order valence-corrected chi connectivity index (χ3v) is 3.89. The number of hydrogen-bond donors (Lipinski definition) is 5. The average molecular weight is 366 g/mol. The van der Waals surface area contributed by atoms with E-state index in [1.807, 2.05) is 14.0 Å². The van der Waals surface area contributed by atoms with Crippen LogP contribution in [0, 0.1) is 0 Å². The maximum atomic E-state index is 9.89. The molecule has 0 aliphatic rings. The van der Waals surface area contributed by atoms with Crippen LogP contribution in [0.3, 0.4) is 0 Å². The van der Waals surface area contributed by atoms with Crippen molar-refractivity contribution >= 4 is 12.0 Å². The number of rotatable bonds is 11. The summed E-state index contributed by atoms with van der Waals surface area (Å²) in [6, 6.07) is 4.27. The van der Waals surface area contributed by atoms with Gasteiger partial charge < -0.3 is 31.4 Å². The van der Waals surface area contributed by atoms with Crippen LogP contribution in [0.5, 0.6) is 11.5 Å². The van der Waals surface area contributed by atoms with E-state index in [1.165, 1.54) is 44.2 Å². The SMILES string of the molecule is CCCCCCCCC=O.CNC(C)N/C=C(\N)c1ccc(O)cc1O. The largest absolute Gasteiger partial charge is 0.508 e. The summed E-state index contributed by atoms with van der Waals surface area (Å²) in [6.07, 6.45) is 11.1. The zero-order valence-corrected chi connectivity index (χ0v) is 16.3. The molecule has 0 saturated carbocycles. The molecule has 1 atom stereocenters. The lowest BCUT2D eigenvalue weighted by Crippen LogP contribution is -2.34. The summed E-state index contributed by atoms with van der Waals surface area (Å²) in [6.45, 7) is 4.14. The zero-order chi connectivity index (χ0) is 19.8. The first-order valence-corrected chi connectivity index (χ1v) is 9.31. The van der Waals surface area contributed by atoms with Crippen LogP contribution in [0.2, 0.25) is 0 Å². The lowest BCUT2D eigenvalue weighted by atomic mass is 10.1. The van der Waals surface area contributed by atoms with Gasteiger partial charge in [0.25, 0.3) is 0 Å². The van der Waals surface area contributed by atoms with E-state index >= 15 is 0 Å². The minimum absolute atomic E-state index is 0.00519. The second-order valence-electron chi connectivity index (χ2n) is 6.20. The van der Waals surface area contributed by atoms with Crippen LogP contribution in [-0.2, 0) is 4.79 Å². The Hall–Kier alpha value is -2.21. The molecule has 1 rings (SSSR count). The maximum Gasteiger partial charge on any atom is 0.128 e. The van der Waals surface area contributed by atoms with Crippen LogP contribution in [0.1, 0.15) is 64.4 Å². The van der Waals surface area contributed by atoms with Gasteiger partial charge in [-0.15, -0.1) is 0 Å². The van der Waals surface area contributed by atoms with Crippen LogP contribution >= 0.6 is 0 Å². The Morgan fingerprint density at radius 1 is 1.19 bits per heavy atom. The summed E-state index contributed by atoms with van der Waals surface area (Å²) in [5.41, 5.74) is 6.66. The quantitative estimate of drug-likeness (QED) is 0.234. The molecule has 148 valence electrons. The maximum absolute atomic E-state index is 9.89. The van der Waals surface area contributed by atoms with Crippen molar-refractivity contribution in [2.45, 2.75) is 65.0 Å². The van der Waals surface area contributed by atoms with Gasteiger partial charge in [0.1, 0.15) is 17.8 Å². The number of nitrogens with two attached hydrogens (primary N) is 1. The number of aromatic hydroxyl groups is 2. The van der Waals surface area contributed by atoms with E-state index in [9.17, 15) is 9.90 Å². The first-order valence-electron chi connectivity index (χ1n) is 9.31. The summed E-state index contributed by atoms with van der Waals surface area (Å²) >= 11 is 0. The fourth-order valence-corrected chi connectivity index (χ4v) is 2.15. The van der Waals surface area contributed by atoms with Gasteiger partial charge in [0.05, 0.1) is 11.9 Å². The second kappa shape index (κ2) is 15.1. The molecule has 1 aromatic rings. The lowest BCUT2D eigenvalue weighted by molar-refractivity contribution is -0.107. The van der Waals surface area contributed by atoms with Crippen molar-refractivity contribution in [3.05, 3.63) is 30.0 Å². The van der Waals surface area contributed by atoms with Gasteiger partial charge in [0, 0.05) is 24.3 Å². The minimum atomic E-state index is -0.0485. The molecule has 0 saturated heterocycles. The Morgan fingerprint density at radius 2 is 1.85 bits per heavy atom. The molecule has 1 aromatic carbocycles. The first-order chi connectivity index (χ1) is 12.5. The molecule has 0 aliphatic heterocycles. The number of aldehydes is 1. The number of carbonyl (C=O) groups excluding carboxylic acids is 1. The summed E-state index contributed by atoms with van der Waals surface area (Å²) < 4.78 is 0. The number of benzene rings is 1. The van der Waals surface area contributed by atoms with Crippen molar-refractivity contribution in [2.75, 3.05) is 7.05 Å². The molecule has 0 bridgehead atoms. The normalized spacial score (nSPS) is 12.0. The van der Waals surface area contributed by atoms with Crippen molar-refractivity contribution in [3.8, 4) is 11.5 Å². The van der Waals surface area contributed by atoms with Crippen LogP contribution in [0.4, 0.5) is 0 Å². The van der Waals surface area contributed by atoms with E-state index in [-0.39, 0.29) is 17.7 Å². The van der Waals surface area contributed by atoms with Crippen molar-refractivity contribution in [2.24, 2.45) is 5.73 Å². The van der Waals surface area contributed by atoms with E-state index in [0.717, 1.165) is 19.1 Å². The predicted octanol–water partition coefficient (Wildman–Crippen LogP) is 3.45. The molecule has 1 unspecified atom stereocenters. The highest BCUT2D eigenvalue weighted by atomic mass is 16.3. The number of nitrogens with one attached hydrogen (secondary N) is 2. The Morgan fingerprint density at radius 3 is 2.42 bits per heavy atom. The monoisotopic (exact) mass is 365 g/mol. The third kappa shape index (κ3) is 11.4. The number of hydrogen-bond acceptors (Lipinski definition) is 6. The summed E-state index contributed by atoms with van der Waals surface area (Å²) in [7, 11) is 1.82. The average Bonchev–Trinajstić information content (AvgIpc) is 2.63. The summed E-state index contributed by atoms with van der Waals surface area (Å²) in [5.74, 6) is -0.0433. The number of phenolic OH excluding ortho intramolecular Hbond substituents is 2. The summed E-state index contributed by atoms with van der Waals surface area (Å²) in [4.78, 5) is 9.89. The molecule has 6 N–H and O–H groups in total. The standard InChI is InChI=1S/C11H17N3O2.C9H18O/c1-7(13-2)14-6-10(12)9-4-3-8(15)5-11(9)16;1-2-3-4-5-6-7-8-9-10/h3-7,13-16H,12H2,1-2H3;9H,2-8H2,1H3/b10-6-;. The molecule has 6 nitrogen and oxygen atoms in total. The molecular formula is C20H35N3O3. The molecule has 26 heavy (non-hydrogen) atoms. The van der Waals surface area contributed by atoms with Gasteiger partial charge in [-0.2, -0.15) is 0 Å². The molecular weight excluding hydrogens is 330 g/mol. The molecule has 0 aliphatic carbocycles. The molecule has 0 radical (unpaired) electrons. The van der Waals surface area contributed by atoms with E-state index in [0.29, 0.717) is 11.3 Å². The Balaban J connectivity index is 0.000000541. The van der Waals surface area contributed by atoms with Crippen molar-refractivity contribution in [1.82, 2.24) is 10.6 Å². The van der Waals surface area contributed by atoms with Gasteiger partial charge in [-0.1, -0.05) is 39.0 Å². The second-order valence-corrected chi connectivity index (χ2v) is 6.20. The van der Waals surface area contributed by atoms with Crippen LogP contribution in [-0.4, -0.2) is 29.7 Å². The first kappa shape index (κ1) is 23.8. The van der Waals surface area contributed by atoms with Gasteiger partial charge in [-0.25, -0.2) is 0 Å². The van der Waals surface area contributed by atoms with Crippen LogP contribution in [0.15, 0.2) is 24.4 Å². The molecule has 6 heteroatoms. The Kier molecular flexibility index (Phi) is 13.8. The highest BCUT2D eigenvalue weighted by Crippen LogP contribution is 2.25. The summed E-state index contributed by atoms with van der Waals surface area (Å²) in [5, 5.41) is 24.7. The highest BCUT2D eigenvalue weighted by Gasteiger charge is 2.05. The molecule has 0 spiro atoms. The molecule has 0 aromatic heterocycles. The van der Waals surface area contributed by atoms with E-state index in [1.54, 1.807) is 12.3 Å². The van der Waals surface area contributed by atoms with E-state index < -0.39 is 0 Å². The predicted molar refractivity (Wildman–Crippen MR) is 108 cm³/mol. The topological polar surface area (TPSA) is 108 Å². The number of carbonyl (C=O) groups is 1. The van der Waals surface area contributed by atoms with E-state index in [2.05, 4.69) is 17.6 Å². The van der Waals surface area contributed by atoms with Gasteiger partial charge >= 0.3 is 0 Å². The van der Waals surface area contributed by atoms with Crippen LogP contribution < -0.4 is 16.4 Å². The van der Waals surface area contributed by atoms with Crippen molar-refractivity contribution in [1.29, 1.82) is 0 Å². The highest BCUT2D eigenvalue weighted by molar-refractivity contribution is 5.68. The lowest BCUT2D eigenvalue weighted by Gasteiger charge is -2.11. The van der Waals surface area contributed by atoms with Crippen LogP contribution in [0.25, 0.3) is 5.70 Å². The fourth-order valence-electron chi connectivity index (χ4n) is 2.15.